The van der Waals surface area contributed by atoms with Crippen LogP contribution in [0.3, 0.4) is 0 Å². The summed E-state index contributed by atoms with van der Waals surface area (Å²) >= 11 is 1.40. The zero-order chi connectivity index (χ0) is 10.0. The van der Waals surface area contributed by atoms with Gasteiger partial charge in [0.05, 0.1) is 0 Å². The molecule has 1 heterocycles. The Morgan fingerprint density at radius 1 is 1.38 bits per heavy atom. The van der Waals surface area contributed by atoms with Gasteiger partial charge in [-0.05, 0) is 18.9 Å². The molecule has 0 unspecified atom stereocenters. The minimum Gasteiger partial charge on any atom is -0.391 e. The number of hydrogen-bond acceptors (Lipinski definition) is 4. The topological polar surface area (TPSA) is 79.0 Å². The average Bonchev–Trinajstić information content (AvgIpc) is 2.32. The van der Waals surface area contributed by atoms with Gasteiger partial charge in [0.2, 0.25) is 0 Å². The number of anilines is 2. The Balaban J connectivity index is 3.30. The number of hydrogen-bond donors (Lipinski definition) is 2. The third kappa shape index (κ3) is 1.53. The van der Waals surface area contributed by atoms with Gasteiger partial charge >= 0.3 is 5.56 Å². The molecule has 0 aliphatic carbocycles. The van der Waals surface area contributed by atoms with Crippen molar-refractivity contribution in [1.29, 1.82) is 0 Å². The molecule has 0 aliphatic rings. The van der Waals surface area contributed by atoms with Crippen LogP contribution in [0.15, 0.2) is 4.79 Å². The highest BCUT2D eigenvalue weighted by Crippen LogP contribution is 2.14. The second-order valence-corrected chi connectivity index (χ2v) is 3.69. The zero-order valence-corrected chi connectivity index (χ0v) is 8.60. The van der Waals surface area contributed by atoms with Gasteiger partial charge in [-0.1, -0.05) is 6.92 Å². The van der Waals surface area contributed by atoms with E-state index in [2.05, 4.69) is 0 Å². The van der Waals surface area contributed by atoms with Crippen LogP contribution in [0.25, 0.3) is 0 Å². The van der Waals surface area contributed by atoms with E-state index in [-0.39, 0.29) is 11.2 Å². The van der Waals surface area contributed by atoms with Gasteiger partial charge in [-0.2, -0.15) is 4.09 Å². The summed E-state index contributed by atoms with van der Waals surface area (Å²) in [5.41, 5.74) is 11.1. The molecule has 74 valence electrons. The van der Waals surface area contributed by atoms with Gasteiger partial charge in [-0.15, -0.1) is 0 Å². The maximum Gasteiger partial charge on any atom is 0.302 e. The lowest BCUT2D eigenvalue weighted by Crippen LogP contribution is -2.18. The normalized spacial score (nSPS) is 10.6. The van der Waals surface area contributed by atoms with Crippen molar-refractivity contribution in [3.8, 4) is 0 Å². The molecule has 0 saturated heterocycles. The molecule has 4 N–H and O–H groups in total. The third-order valence-corrected chi connectivity index (χ3v) is 2.59. The van der Waals surface area contributed by atoms with Crippen molar-refractivity contribution in [1.82, 2.24) is 8.77 Å². The third-order valence-electron chi connectivity index (χ3n) is 1.73. The van der Waals surface area contributed by atoms with Crippen LogP contribution in [0.5, 0.6) is 0 Å². The lowest BCUT2D eigenvalue weighted by atomic mass is 10.5. The van der Waals surface area contributed by atoms with Gasteiger partial charge in [-0.3, -0.25) is 9.48 Å². The van der Waals surface area contributed by atoms with E-state index in [4.69, 9.17) is 11.5 Å². The average molecular weight is 202 g/mol. The van der Waals surface area contributed by atoms with Crippen LogP contribution >= 0.6 is 11.9 Å². The number of nitrogens with zero attached hydrogens (tertiary/aromatic N) is 2. The maximum atomic E-state index is 11.5. The molecular weight excluding hydrogens is 188 g/mol. The molecule has 0 aliphatic heterocycles. The Kier molecular flexibility index (Phi) is 2.92. The molecule has 0 amide bonds. The van der Waals surface area contributed by atoms with Crippen LogP contribution < -0.4 is 17.0 Å². The summed E-state index contributed by atoms with van der Waals surface area (Å²) < 4.78 is 3.18. The van der Waals surface area contributed by atoms with Gasteiger partial charge < -0.3 is 11.5 Å². The second-order valence-electron chi connectivity index (χ2n) is 2.51. The van der Waals surface area contributed by atoms with Crippen LogP contribution in [-0.2, 0) is 6.54 Å². The molecule has 0 saturated carbocycles. The van der Waals surface area contributed by atoms with Crippen molar-refractivity contribution >= 4 is 23.5 Å². The van der Waals surface area contributed by atoms with Crippen LogP contribution in [0.4, 0.5) is 11.5 Å². The number of rotatable bonds is 3. The van der Waals surface area contributed by atoms with Crippen LogP contribution in [0.2, 0.25) is 0 Å². The smallest absolute Gasteiger partial charge is 0.302 e. The van der Waals surface area contributed by atoms with Crippen LogP contribution in [-0.4, -0.2) is 14.5 Å². The first-order valence-electron chi connectivity index (χ1n) is 4.13. The standard InChI is InChI=1S/C7H14N4OS/c1-3-10-6(9)5(8)7(12)11(10)13-4-2/h3-4,8-9H2,1-2H3. The van der Waals surface area contributed by atoms with E-state index >= 15 is 0 Å². The molecule has 0 radical (unpaired) electrons. The van der Waals surface area contributed by atoms with E-state index in [1.807, 2.05) is 13.8 Å². The summed E-state index contributed by atoms with van der Waals surface area (Å²) in [5.74, 6) is 1.16. The van der Waals surface area contributed by atoms with Crippen molar-refractivity contribution < 1.29 is 0 Å². The van der Waals surface area contributed by atoms with E-state index in [0.29, 0.717) is 12.4 Å². The first-order valence-corrected chi connectivity index (χ1v) is 5.07. The van der Waals surface area contributed by atoms with Gasteiger partial charge in [0.25, 0.3) is 0 Å². The van der Waals surface area contributed by atoms with Gasteiger partial charge in [0.15, 0.2) is 0 Å². The van der Waals surface area contributed by atoms with Gasteiger partial charge in [-0.25, -0.2) is 0 Å². The lowest BCUT2D eigenvalue weighted by Gasteiger charge is -2.07. The number of nitrogen functional groups attached to an aromatic ring is 2. The predicted octanol–water partition coefficient (Wildman–Crippen LogP) is 0.350. The van der Waals surface area contributed by atoms with Crippen LogP contribution in [0.1, 0.15) is 13.8 Å². The number of nitrogens with two attached hydrogens (primary N) is 2. The fourth-order valence-electron chi connectivity index (χ4n) is 1.11. The molecule has 1 rings (SSSR count). The Hall–Kier alpha value is -1.04. The Labute approximate surface area is 80.8 Å². The lowest BCUT2D eigenvalue weighted by molar-refractivity contribution is 0.631. The van der Waals surface area contributed by atoms with Crippen molar-refractivity contribution in [3.05, 3.63) is 10.4 Å². The molecule has 13 heavy (non-hydrogen) atoms. The minimum atomic E-state index is -0.216. The Morgan fingerprint density at radius 3 is 2.46 bits per heavy atom. The van der Waals surface area contributed by atoms with Gasteiger partial charge in [0.1, 0.15) is 11.5 Å². The SMILES string of the molecule is CCSn1c(=O)c(N)c(N)n1CC. The molecule has 0 fully saturated rings. The molecule has 1 aromatic rings. The van der Waals surface area contributed by atoms with E-state index in [9.17, 15) is 4.79 Å². The summed E-state index contributed by atoms with van der Waals surface area (Å²) in [4.78, 5) is 11.5. The fraction of sp³-hybridized carbons (Fsp3) is 0.571. The Bertz CT molecular complexity index is 354. The molecule has 0 atom stereocenters. The molecule has 0 aromatic carbocycles. The van der Waals surface area contributed by atoms with E-state index < -0.39 is 0 Å². The monoisotopic (exact) mass is 202 g/mol. The minimum absolute atomic E-state index is 0.141. The molecule has 0 bridgehead atoms. The van der Waals surface area contributed by atoms with Gasteiger partial charge in [0, 0.05) is 12.3 Å². The quantitative estimate of drug-likeness (QED) is 0.741. The largest absolute Gasteiger partial charge is 0.391 e. The highest BCUT2D eigenvalue weighted by molar-refractivity contribution is 7.97. The predicted molar refractivity (Wildman–Crippen MR) is 56.7 cm³/mol. The summed E-state index contributed by atoms with van der Waals surface area (Å²) in [6.45, 7) is 4.53. The number of aromatic nitrogens is 2. The summed E-state index contributed by atoms with van der Waals surface area (Å²) in [6, 6.07) is 0. The summed E-state index contributed by atoms with van der Waals surface area (Å²) in [7, 11) is 0. The summed E-state index contributed by atoms with van der Waals surface area (Å²) in [6.07, 6.45) is 0. The maximum absolute atomic E-state index is 11.5. The zero-order valence-electron chi connectivity index (χ0n) is 7.78. The molecule has 6 heteroatoms. The van der Waals surface area contributed by atoms with Crippen molar-refractivity contribution in [2.45, 2.75) is 20.4 Å². The first kappa shape index (κ1) is 10.0. The van der Waals surface area contributed by atoms with Crippen LogP contribution in [0, 0.1) is 0 Å². The van der Waals surface area contributed by atoms with Crippen molar-refractivity contribution in [3.63, 3.8) is 0 Å². The highest BCUT2D eigenvalue weighted by atomic mass is 32.2. The van der Waals surface area contributed by atoms with E-state index in [0.717, 1.165) is 5.75 Å². The van der Waals surface area contributed by atoms with Crippen molar-refractivity contribution in [2.24, 2.45) is 0 Å². The highest BCUT2D eigenvalue weighted by Gasteiger charge is 2.13. The second kappa shape index (κ2) is 3.78. The van der Waals surface area contributed by atoms with E-state index in [1.54, 1.807) is 4.68 Å². The van der Waals surface area contributed by atoms with Crippen molar-refractivity contribution in [2.75, 3.05) is 17.2 Å². The molecule has 1 aromatic heterocycles. The molecular formula is C7H14N4OS. The fourth-order valence-corrected chi connectivity index (χ4v) is 1.91. The Morgan fingerprint density at radius 2 is 2.00 bits per heavy atom. The first-order chi connectivity index (χ1) is 6.13. The molecule has 5 nitrogen and oxygen atoms in total. The van der Waals surface area contributed by atoms with E-state index in [1.165, 1.54) is 16.0 Å². The summed E-state index contributed by atoms with van der Waals surface area (Å²) in [5, 5.41) is 0. The molecule has 0 spiro atoms.